The summed E-state index contributed by atoms with van der Waals surface area (Å²) in [7, 11) is 0. The fourth-order valence-corrected chi connectivity index (χ4v) is 3.45. The smallest absolute Gasteiger partial charge is 0.0839 e. The number of piperidine rings is 1. The maximum atomic E-state index is 9.41. The summed E-state index contributed by atoms with van der Waals surface area (Å²) in [5.41, 5.74) is 1.15. The summed E-state index contributed by atoms with van der Waals surface area (Å²) in [5.74, 6) is 0.796. The van der Waals surface area contributed by atoms with Gasteiger partial charge in [-0.25, -0.2) is 0 Å². The first kappa shape index (κ1) is 12.7. The summed E-state index contributed by atoms with van der Waals surface area (Å²) in [6.07, 6.45) is 2.64. The minimum Gasteiger partial charge on any atom is -0.312 e. The fourth-order valence-electron chi connectivity index (χ4n) is 3.45. The number of rotatable bonds is 3. The number of fused-ring (bicyclic) bond motifs is 1. The molecule has 1 aromatic carbocycles. The van der Waals surface area contributed by atoms with E-state index < -0.39 is 0 Å². The quantitative estimate of drug-likeness (QED) is 0.897. The SMILES string of the molecule is N#CC(CN1CC2CCCNC2C1)c1ccccc1. The van der Waals surface area contributed by atoms with Gasteiger partial charge in [-0.3, -0.25) is 4.90 Å². The Morgan fingerprint density at radius 1 is 1.32 bits per heavy atom. The van der Waals surface area contributed by atoms with Crippen molar-refractivity contribution in [2.75, 3.05) is 26.2 Å². The molecule has 0 aliphatic carbocycles. The lowest BCUT2D eigenvalue weighted by molar-refractivity contribution is 0.314. The standard InChI is InChI=1S/C16H21N3/c17-9-15(13-5-2-1-3-6-13)11-19-10-14-7-4-8-18-16(14)12-19/h1-3,5-6,14-16,18H,4,7-8,10-12H2. The van der Waals surface area contributed by atoms with E-state index in [2.05, 4.69) is 28.4 Å². The number of likely N-dealkylation sites (tertiary alicyclic amines) is 1. The summed E-state index contributed by atoms with van der Waals surface area (Å²) in [6, 6.07) is 13.3. The molecule has 1 N–H and O–H groups in total. The zero-order valence-corrected chi connectivity index (χ0v) is 11.3. The van der Waals surface area contributed by atoms with Crippen LogP contribution in [0.1, 0.15) is 24.3 Å². The topological polar surface area (TPSA) is 39.1 Å². The van der Waals surface area contributed by atoms with Gasteiger partial charge in [0.25, 0.3) is 0 Å². The zero-order chi connectivity index (χ0) is 13.1. The molecule has 1 aromatic rings. The largest absolute Gasteiger partial charge is 0.312 e. The summed E-state index contributed by atoms with van der Waals surface area (Å²) in [4.78, 5) is 2.47. The van der Waals surface area contributed by atoms with Crippen LogP contribution in [-0.2, 0) is 0 Å². The Bertz CT molecular complexity index is 437. The molecule has 3 heteroatoms. The van der Waals surface area contributed by atoms with E-state index in [1.807, 2.05) is 18.2 Å². The van der Waals surface area contributed by atoms with Gasteiger partial charge >= 0.3 is 0 Å². The van der Waals surface area contributed by atoms with Crippen molar-refractivity contribution < 1.29 is 0 Å². The van der Waals surface area contributed by atoms with Crippen LogP contribution in [0.15, 0.2) is 30.3 Å². The molecule has 2 saturated heterocycles. The van der Waals surface area contributed by atoms with E-state index in [0.717, 1.165) is 37.7 Å². The maximum absolute atomic E-state index is 9.41. The van der Waals surface area contributed by atoms with Crippen molar-refractivity contribution in [1.82, 2.24) is 10.2 Å². The Balaban J connectivity index is 1.63. The van der Waals surface area contributed by atoms with E-state index in [-0.39, 0.29) is 5.92 Å². The molecule has 0 spiro atoms. The monoisotopic (exact) mass is 255 g/mol. The second-order valence-electron chi connectivity index (χ2n) is 5.77. The molecular formula is C16H21N3. The minimum absolute atomic E-state index is 0.00125. The summed E-state index contributed by atoms with van der Waals surface area (Å²) < 4.78 is 0. The molecule has 0 amide bonds. The van der Waals surface area contributed by atoms with Gasteiger partial charge in [-0.2, -0.15) is 5.26 Å². The molecule has 2 aliphatic rings. The highest BCUT2D eigenvalue weighted by Crippen LogP contribution is 2.27. The van der Waals surface area contributed by atoms with Crippen molar-refractivity contribution >= 4 is 0 Å². The van der Waals surface area contributed by atoms with Crippen LogP contribution in [-0.4, -0.2) is 37.1 Å². The highest BCUT2D eigenvalue weighted by atomic mass is 15.2. The van der Waals surface area contributed by atoms with E-state index in [1.54, 1.807) is 0 Å². The first-order valence-electron chi connectivity index (χ1n) is 7.27. The van der Waals surface area contributed by atoms with E-state index in [4.69, 9.17) is 0 Å². The van der Waals surface area contributed by atoms with Gasteiger partial charge in [0.2, 0.25) is 0 Å². The first-order chi connectivity index (χ1) is 9.36. The molecule has 3 atom stereocenters. The fraction of sp³-hybridized carbons (Fsp3) is 0.562. The molecule has 19 heavy (non-hydrogen) atoms. The number of hydrogen-bond donors (Lipinski definition) is 1. The van der Waals surface area contributed by atoms with Gasteiger partial charge in [0.05, 0.1) is 12.0 Å². The van der Waals surface area contributed by atoms with Crippen LogP contribution in [0, 0.1) is 17.2 Å². The van der Waals surface area contributed by atoms with E-state index in [1.165, 1.54) is 12.8 Å². The van der Waals surface area contributed by atoms with Crippen LogP contribution in [0.5, 0.6) is 0 Å². The van der Waals surface area contributed by atoms with Crippen molar-refractivity contribution in [3.63, 3.8) is 0 Å². The van der Waals surface area contributed by atoms with Crippen LogP contribution in [0.2, 0.25) is 0 Å². The molecule has 0 aromatic heterocycles. The van der Waals surface area contributed by atoms with Crippen molar-refractivity contribution in [1.29, 1.82) is 5.26 Å². The Morgan fingerprint density at radius 2 is 2.16 bits per heavy atom. The molecule has 2 aliphatic heterocycles. The summed E-state index contributed by atoms with van der Waals surface area (Å²) in [5, 5.41) is 13.0. The third kappa shape index (κ3) is 2.80. The van der Waals surface area contributed by atoms with E-state index in [0.29, 0.717) is 6.04 Å². The van der Waals surface area contributed by atoms with E-state index >= 15 is 0 Å². The van der Waals surface area contributed by atoms with Crippen LogP contribution in [0.3, 0.4) is 0 Å². The molecule has 0 saturated carbocycles. The second-order valence-corrected chi connectivity index (χ2v) is 5.77. The Labute approximate surface area is 115 Å². The average molecular weight is 255 g/mol. The molecule has 2 heterocycles. The van der Waals surface area contributed by atoms with Gasteiger partial charge in [-0.05, 0) is 30.9 Å². The minimum atomic E-state index is 0.00125. The van der Waals surface area contributed by atoms with Crippen LogP contribution in [0.4, 0.5) is 0 Å². The van der Waals surface area contributed by atoms with Crippen LogP contribution >= 0.6 is 0 Å². The van der Waals surface area contributed by atoms with Crippen LogP contribution < -0.4 is 5.32 Å². The van der Waals surface area contributed by atoms with Crippen molar-refractivity contribution in [2.24, 2.45) is 5.92 Å². The molecule has 2 fully saturated rings. The van der Waals surface area contributed by atoms with Crippen LogP contribution in [0.25, 0.3) is 0 Å². The van der Waals surface area contributed by atoms with Gasteiger partial charge < -0.3 is 5.32 Å². The lowest BCUT2D eigenvalue weighted by atomic mass is 9.94. The van der Waals surface area contributed by atoms with Gasteiger partial charge in [-0.1, -0.05) is 30.3 Å². The second kappa shape index (κ2) is 5.73. The molecule has 3 nitrogen and oxygen atoms in total. The molecule has 3 rings (SSSR count). The predicted octanol–water partition coefficient (Wildman–Crippen LogP) is 1.98. The lowest BCUT2D eigenvalue weighted by Crippen LogP contribution is -2.40. The first-order valence-corrected chi connectivity index (χ1v) is 7.27. The van der Waals surface area contributed by atoms with Gasteiger partial charge in [0.15, 0.2) is 0 Å². The third-order valence-corrected chi connectivity index (χ3v) is 4.47. The van der Waals surface area contributed by atoms with Gasteiger partial charge in [-0.15, -0.1) is 0 Å². The maximum Gasteiger partial charge on any atom is 0.0839 e. The molecular weight excluding hydrogens is 234 g/mol. The Kier molecular flexibility index (Phi) is 3.82. The lowest BCUT2D eigenvalue weighted by Gasteiger charge is -2.24. The Hall–Kier alpha value is -1.37. The Morgan fingerprint density at radius 3 is 2.89 bits per heavy atom. The summed E-state index contributed by atoms with van der Waals surface area (Å²) in [6.45, 7) is 4.29. The normalized spacial score (nSPS) is 28.6. The van der Waals surface area contributed by atoms with Gasteiger partial charge in [0, 0.05) is 25.7 Å². The molecule has 100 valence electrons. The van der Waals surface area contributed by atoms with Gasteiger partial charge in [0.1, 0.15) is 0 Å². The zero-order valence-electron chi connectivity index (χ0n) is 11.3. The number of nitrogens with one attached hydrogen (secondary N) is 1. The third-order valence-electron chi connectivity index (χ3n) is 4.47. The highest BCUT2D eigenvalue weighted by molar-refractivity contribution is 5.25. The number of benzene rings is 1. The number of hydrogen-bond acceptors (Lipinski definition) is 3. The van der Waals surface area contributed by atoms with Crippen molar-refractivity contribution in [3.05, 3.63) is 35.9 Å². The number of nitriles is 1. The highest BCUT2D eigenvalue weighted by Gasteiger charge is 2.34. The van der Waals surface area contributed by atoms with E-state index in [9.17, 15) is 5.26 Å². The number of nitrogens with zero attached hydrogens (tertiary/aromatic N) is 2. The predicted molar refractivity (Wildman–Crippen MR) is 75.8 cm³/mol. The van der Waals surface area contributed by atoms with Crippen molar-refractivity contribution in [3.8, 4) is 6.07 Å². The average Bonchev–Trinajstić information content (AvgIpc) is 2.88. The van der Waals surface area contributed by atoms with Crippen molar-refractivity contribution in [2.45, 2.75) is 24.8 Å². The summed E-state index contributed by atoms with van der Waals surface area (Å²) >= 11 is 0. The molecule has 0 bridgehead atoms. The molecule has 0 radical (unpaired) electrons. The molecule has 3 unspecified atom stereocenters.